The standard InChI is InChI=1S/C17H30BrN/c1-4-6-8-10-12-17(3,11-9-7-5-2)15-13-19-14-16(15)18/h13-14,19H,4-12H2,1-3H3. The molecule has 1 heterocycles. The predicted molar refractivity (Wildman–Crippen MR) is 88.7 cm³/mol. The summed E-state index contributed by atoms with van der Waals surface area (Å²) in [6.45, 7) is 7.01. The molecular formula is C17H30BrN. The van der Waals surface area contributed by atoms with E-state index in [1.54, 1.807) is 0 Å². The van der Waals surface area contributed by atoms with Crippen LogP contribution in [0.25, 0.3) is 0 Å². The highest BCUT2D eigenvalue weighted by molar-refractivity contribution is 9.10. The van der Waals surface area contributed by atoms with Crippen molar-refractivity contribution in [2.75, 3.05) is 0 Å². The molecule has 0 aliphatic heterocycles. The molecule has 2 heteroatoms. The first-order chi connectivity index (χ1) is 9.14. The molecule has 0 aliphatic carbocycles. The van der Waals surface area contributed by atoms with Crippen LogP contribution < -0.4 is 0 Å². The molecule has 0 radical (unpaired) electrons. The van der Waals surface area contributed by atoms with Crippen LogP contribution in [0.4, 0.5) is 0 Å². The van der Waals surface area contributed by atoms with E-state index < -0.39 is 0 Å². The minimum atomic E-state index is 0.335. The number of unbranched alkanes of at least 4 members (excludes halogenated alkanes) is 5. The molecule has 0 aliphatic rings. The Balaban J connectivity index is 2.64. The maximum absolute atomic E-state index is 3.70. The first kappa shape index (κ1) is 16.8. The smallest absolute Gasteiger partial charge is 0.0387 e. The fraction of sp³-hybridized carbons (Fsp3) is 0.765. The van der Waals surface area contributed by atoms with Crippen LogP contribution >= 0.6 is 15.9 Å². The fourth-order valence-electron chi connectivity index (χ4n) is 2.91. The second-order valence-electron chi connectivity index (χ2n) is 6.05. The number of nitrogens with one attached hydrogen (secondary N) is 1. The van der Waals surface area contributed by atoms with Gasteiger partial charge in [0.15, 0.2) is 0 Å². The highest BCUT2D eigenvalue weighted by Crippen LogP contribution is 2.39. The van der Waals surface area contributed by atoms with E-state index in [1.807, 2.05) is 0 Å². The molecule has 0 saturated heterocycles. The summed E-state index contributed by atoms with van der Waals surface area (Å²) in [7, 11) is 0. The van der Waals surface area contributed by atoms with Gasteiger partial charge in [-0.15, -0.1) is 0 Å². The second kappa shape index (κ2) is 8.84. The number of aromatic nitrogens is 1. The molecule has 0 amide bonds. The Morgan fingerprint density at radius 3 is 2.05 bits per heavy atom. The SMILES string of the molecule is CCCCCCC(C)(CCCCC)c1c[nH]cc1Br. The van der Waals surface area contributed by atoms with Crippen molar-refractivity contribution < 1.29 is 0 Å². The zero-order chi connectivity index (χ0) is 14.1. The van der Waals surface area contributed by atoms with Gasteiger partial charge in [-0.3, -0.25) is 0 Å². The lowest BCUT2D eigenvalue weighted by atomic mass is 9.75. The Labute approximate surface area is 127 Å². The third kappa shape index (κ3) is 5.33. The number of aromatic amines is 1. The number of rotatable bonds is 10. The summed E-state index contributed by atoms with van der Waals surface area (Å²) >= 11 is 3.70. The van der Waals surface area contributed by atoms with Crippen molar-refractivity contribution in [3.05, 3.63) is 22.4 Å². The van der Waals surface area contributed by atoms with Crippen molar-refractivity contribution in [2.24, 2.45) is 0 Å². The number of H-pyrrole nitrogens is 1. The zero-order valence-electron chi connectivity index (χ0n) is 12.9. The van der Waals surface area contributed by atoms with Crippen LogP contribution in [-0.4, -0.2) is 4.98 Å². The summed E-state index contributed by atoms with van der Waals surface area (Å²) < 4.78 is 1.25. The van der Waals surface area contributed by atoms with Gasteiger partial charge >= 0.3 is 0 Å². The zero-order valence-corrected chi connectivity index (χ0v) is 14.5. The number of hydrogen-bond donors (Lipinski definition) is 1. The quantitative estimate of drug-likeness (QED) is 0.467. The molecule has 0 bridgehead atoms. The summed E-state index contributed by atoms with van der Waals surface area (Å²) in [5.41, 5.74) is 1.81. The Morgan fingerprint density at radius 1 is 0.947 bits per heavy atom. The molecular weight excluding hydrogens is 298 g/mol. The molecule has 1 aromatic rings. The van der Waals surface area contributed by atoms with Crippen LogP contribution in [0.3, 0.4) is 0 Å². The van der Waals surface area contributed by atoms with Gasteiger partial charge in [-0.05, 0) is 39.8 Å². The molecule has 110 valence electrons. The molecule has 1 unspecified atom stereocenters. The van der Waals surface area contributed by atoms with Gasteiger partial charge in [0.25, 0.3) is 0 Å². The minimum Gasteiger partial charge on any atom is -0.366 e. The van der Waals surface area contributed by atoms with Gasteiger partial charge in [0.2, 0.25) is 0 Å². The van der Waals surface area contributed by atoms with Gasteiger partial charge in [0, 0.05) is 16.9 Å². The minimum absolute atomic E-state index is 0.335. The second-order valence-corrected chi connectivity index (χ2v) is 6.90. The van der Waals surface area contributed by atoms with Gasteiger partial charge in [-0.25, -0.2) is 0 Å². The van der Waals surface area contributed by atoms with E-state index in [1.165, 1.54) is 67.8 Å². The lowest BCUT2D eigenvalue weighted by molar-refractivity contribution is 0.365. The van der Waals surface area contributed by atoms with Crippen molar-refractivity contribution in [1.29, 1.82) is 0 Å². The Hall–Kier alpha value is -0.240. The van der Waals surface area contributed by atoms with Crippen molar-refractivity contribution >= 4 is 15.9 Å². The molecule has 1 nitrogen and oxygen atoms in total. The van der Waals surface area contributed by atoms with E-state index in [4.69, 9.17) is 0 Å². The van der Waals surface area contributed by atoms with Crippen molar-refractivity contribution in [1.82, 2.24) is 4.98 Å². The first-order valence-electron chi connectivity index (χ1n) is 7.97. The van der Waals surface area contributed by atoms with Gasteiger partial charge in [-0.2, -0.15) is 0 Å². The average molecular weight is 328 g/mol. The van der Waals surface area contributed by atoms with Gasteiger partial charge in [0.1, 0.15) is 0 Å². The number of halogens is 1. The van der Waals surface area contributed by atoms with Crippen LogP contribution in [-0.2, 0) is 5.41 Å². The summed E-state index contributed by atoms with van der Waals surface area (Å²) in [6, 6.07) is 0. The summed E-state index contributed by atoms with van der Waals surface area (Å²) in [4.78, 5) is 3.25. The van der Waals surface area contributed by atoms with E-state index in [2.05, 4.69) is 54.1 Å². The van der Waals surface area contributed by atoms with Gasteiger partial charge < -0.3 is 4.98 Å². The van der Waals surface area contributed by atoms with E-state index in [0.717, 1.165) is 0 Å². The van der Waals surface area contributed by atoms with E-state index in [-0.39, 0.29) is 0 Å². The van der Waals surface area contributed by atoms with Gasteiger partial charge in [0.05, 0.1) is 0 Å². The molecule has 1 atom stereocenters. The van der Waals surface area contributed by atoms with E-state index in [0.29, 0.717) is 5.41 Å². The maximum Gasteiger partial charge on any atom is 0.0387 e. The average Bonchev–Trinajstić information content (AvgIpc) is 2.82. The molecule has 1 rings (SSSR count). The summed E-state index contributed by atoms with van der Waals surface area (Å²) in [5.74, 6) is 0. The Kier molecular flexibility index (Phi) is 7.82. The van der Waals surface area contributed by atoms with Gasteiger partial charge in [-0.1, -0.05) is 65.7 Å². The highest BCUT2D eigenvalue weighted by Gasteiger charge is 2.28. The third-order valence-electron chi connectivity index (χ3n) is 4.26. The summed E-state index contributed by atoms with van der Waals surface area (Å²) in [5, 5.41) is 0. The van der Waals surface area contributed by atoms with Crippen LogP contribution in [0.2, 0.25) is 0 Å². The molecule has 0 aromatic carbocycles. The molecule has 19 heavy (non-hydrogen) atoms. The number of hydrogen-bond acceptors (Lipinski definition) is 0. The Bertz CT molecular complexity index is 345. The first-order valence-corrected chi connectivity index (χ1v) is 8.76. The third-order valence-corrected chi connectivity index (χ3v) is 4.92. The lowest BCUT2D eigenvalue weighted by Crippen LogP contribution is -2.22. The monoisotopic (exact) mass is 327 g/mol. The molecule has 1 N–H and O–H groups in total. The van der Waals surface area contributed by atoms with Crippen molar-refractivity contribution in [3.8, 4) is 0 Å². The van der Waals surface area contributed by atoms with Crippen molar-refractivity contribution in [2.45, 2.75) is 84.0 Å². The highest BCUT2D eigenvalue weighted by atomic mass is 79.9. The van der Waals surface area contributed by atoms with E-state index in [9.17, 15) is 0 Å². The molecule has 0 saturated carbocycles. The van der Waals surface area contributed by atoms with Crippen molar-refractivity contribution in [3.63, 3.8) is 0 Å². The van der Waals surface area contributed by atoms with Crippen LogP contribution in [0, 0.1) is 0 Å². The lowest BCUT2D eigenvalue weighted by Gasteiger charge is -2.30. The summed E-state index contributed by atoms with van der Waals surface area (Å²) in [6.07, 6.45) is 16.3. The normalized spacial score (nSPS) is 14.5. The van der Waals surface area contributed by atoms with Crippen LogP contribution in [0.1, 0.15) is 84.1 Å². The topological polar surface area (TPSA) is 15.8 Å². The largest absolute Gasteiger partial charge is 0.366 e. The van der Waals surface area contributed by atoms with E-state index >= 15 is 0 Å². The molecule has 0 fully saturated rings. The fourth-order valence-corrected chi connectivity index (χ4v) is 3.63. The molecule has 0 spiro atoms. The van der Waals surface area contributed by atoms with Crippen LogP contribution in [0.15, 0.2) is 16.9 Å². The predicted octanol–water partition coefficient (Wildman–Crippen LogP) is 6.59. The molecule has 1 aromatic heterocycles. The maximum atomic E-state index is 3.70. The van der Waals surface area contributed by atoms with Crippen LogP contribution in [0.5, 0.6) is 0 Å². The Morgan fingerprint density at radius 2 is 1.53 bits per heavy atom.